The lowest BCUT2D eigenvalue weighted by Gasteiger charge is -2.09. The van der Waals surface area contributed by atoms with Crippen molar-refractivity contribution >= 4 is 40.2 Å². The number of rotatable bonds is 3. The first-order valence-corrected chi connectivity index (χ1v) is 6.83. The van der Waals surface area contributed by atoms with Gasteiger partial charge in [-0.2, -0.15) is 0 Å². The Hall–Kier alpha value is -1.07. The van der Waals surface area contributed by atoms with Gasteiger partial charge in [0, 0.05) is 3.57 Å². The number of alkyl halides is 1. The smallest absolute Gasteiger partial charge is 0.326 e. The Bertz CT molecular complexity index is 569. The fourth-order valence-electron chi connectivity index (χ4n) is 1.68. The van der Waals surface area contributed by atoms with Gasteiger partial charge in [0.25, 0.3) is 0 Å². The van der Waals surface area contributed by atoms with E-state index >= 15 is 0 Å². The number of halogens is 2. The average Bonchev–Trinajstić information content (AvgIpc) is 2.38. The second-order valence-electron chi connectivity index (χ2n) is 3.80. The Kier molecular flexibility index (Phi) is 4.24. The number of hydrogen-bond acceptors (Lipinski definition) is 1. The van der Waals surface area contributed by atoms with Crippen LogP contribution in [0.2, 0.25) is 0 Å². The summed E-state index contributed by atoms with van der Waals surface area (Å²) in [7, 11) is 0. The molecule has 0 bridgehead atoms. The van der Waals surface area contributed by atoms with Gasteiger partial charge in [-0.1, -0.05) is 42.5 Å². The topological polar surface area (TPSA) is 37.3 Å². The number of hydrogen-bond donors (Lipinski definition) is 1. The minimum atomic E-state index is -1.03. The molecule has 0 spiro atoms. The van der Waals surface area contributed by atoms with Crippen LogP contribution in [-0.2, 0) is 4.79 Å². The zero-order chi connectivity index (χ0) is 13.1. The molecule has 1 unspecified atom stereocenters. The first-order valence-electron chi connectivity index (χ1n) is 5.31. The van der Waals surface area contributed by atoms with Crippen molar-refractivity contribution in [1.29, 1.82) is 0 Å². The van der Waals surface area contributed by atoms with E-state index in [0.717, 1.165) is 14.7 Å². The Morgan fingerprint density at radius 3 is 2.33 bits per heavy atom. The molecule has 4 heteroatoms. The van der Waals surface area contributed by atoms with Gasteiger partial charge < -0.3 is 5.11 Å². The van der Waals surface area contributed by atoms with Crippen LogP contribution in [0.3, 0.4) is 0 Å². The molecule has 92 valence electrons. The summed E-state index contributed by atoms with van der Waals surface area (Å²) in [5.74, 6) is -1.03. The molecule has 0 saturated heterocycles. The van der Waals surface area contributed by atoms with Gasteiger partial charge in [0.1, 0.15) is 0 Å². The molecule has 0 radical (unpaired) electrons. The lowest BCUT2D eigenvalue weighted by Crippen LogP contribution is -2.06. The van der Waals surface area contributed by atoms with Crippen LogP contribution in [-0.4, -0.2) is 11.1 Å². The van der Waals surface area contributed by atoms with Crippen LogP contribution in [0.1, 0.15) is 10.9 Å². The summed E-state index contributed by atoms with van der Waals surface area (Å²) in [5, 5.41) is 7.91. The largest absolute Gasteiger partial charge is 0.480 e. The summed E-state index contributed by atoms with van der Waals surface area (Å²) >= 11 is 7.95. The zero-order valence-electron chi connectivity index (χ0n) is 9.31. The number of benzene rings is 2. The summed E-state index contributed by atoms with van der Waals surface area (Å²) < 4.78 is 0.858. The first kappa shape index (κ1) is 13.4. The van der Waals surface area contributed by atoms with E-state index in [4.69, 9.17) is 16.7 Å². The van der Waals surface area contributed by atoms with E-state index in [1.54, 1.807) is 6.07 Å². The summed E-state index contributed by atoms with van der Waals surface area (Å²) in [4.78, 5) is 10.9. The fourth-order valence-corrected chi connectivity index (χ4v) is 2.88. The number of aliphatic carboxylic acids is 1. The molecular weight excluding hydrogens is 363 g/mol. The van der Waals surface area contributed by atoms with E-state index < -0.39 is 11.3 Å². The summed E-state index contributed by atoms with van der Waals surface area (Å²) in [6.45, 7) is 0. The van der Waals surface area contributed by atoms with Crippen LogP contribution in [0.4, 0.5) is 0 Å². The SMILES string of the molecule is O=C(O)C(Cl)c1ccc(-c2ccccc2)cc1I. The van der Waals surface area contributed by atoms with Gasteiger partial charge in [-0.25, -0.2) is 0 Å². The van der Waals surface area contributed by atoms with Crippen LogP contribution in [0.15, 0.2) is 48.5 Å². The quantitative estimate of drug-likeness (QED) is 0.643. The maximum Gasteiger partial charge on any atom is 0.326 e. The molecule has 2 nitrogen and oxygen atoms in total. The molecule has 2 rings (SSSR count). The molecule has 0 aliphatic rings. The number of carboxylic acids is 1. The monoisotopic (exact) mass is 372 g/mol. The second-order valence-corrected chi connectivity index (χ2v) is 5.40. The fraction of sp³-hybridized carbons (Fsp3) is 0.0714. The predicted octanol–water partition coefficient (Wildman–Crippen LogP) is 4.32. The van der Waals surface area contributed by atoms with E-state index in [9.17, 15) is 4.79 Å². The highest BCUT2D eigenvalue weighted by atomic mass is 127. The minimum Gasteiger partial charge on any atom is -0.480 e. The minimum absolute atomic E-state index is 0.629. The molecule has 0 aliphatic carbocycles. The Balaban J connectivity index is 2.40. The molecule has 0 heterocycles. The Labute approximate surface area is 124 Å². The molecule has 1 N–H and O–H groups in total. The van der Waals surface area contributed by atoms with Crippen molar-refractivity contribution in [2.24, 2.45) is 0 Å². The molecule has 2 aromatic rings. The third-order valence-electron chi connectivity index (χ3n) is 2.60. The lowest BCUT2D eigenvalue weighted by atomic mass is 10.0. The maximum atomic E-state index is 10.9. The van der Waals surface area contributed by atoms with Crippen molar-refractivity contribution in [2.45, 2.75) is 5.38 Å². The normalized spacial score (nSPS) is 12.1. The average molecular weight is 373 g/mol. The number of carboxylic acid groups (broad SMARTS) is 1. The van der Waals surface area contributed by atoms with Crippen molar-refractivity contribution < 1.29 is 9.90 Å². The molecule has 0 fully saturated rings. The summed E-state index contributed by atoms with van der Waals surface area (Å²) in [6.07, 6.45) is 0. The van der Waals surface area contributed by atoms with Crippen molar-refractivity contribution in [3.63, 3.8) is 0 Å². The van der Waals surface area contributed by atoms with Crippen LogP contribution < -0.4 is 0 Å². The highest BCUT2D eigenvalue weighted by Gasteiger charge is 2.19. The van der Waals surface area contributed by atoms with Crippen LogP contribution in [0, 0.1) is 3.57 Å². The maximum absolute atomic E-state index is 10.9. The predicted molar refractivity (Wildman–Crippen MR) is 80.8 cm³/mol. The molecule has 0 aliphatic heterocycles. The molecule has 2 aromatic carbocycles. The zero-order valence-corrected chi connectivity index (χ0v) is 12.2. The Morgan fingerprint density at radius 1 is 1.11 bits per heavy atom. The number of carbonyl (C=O) groups is 1. The van der Waals surface area contributed by atoms with Gasteiger partial charge in [0.05, 0.1) is 0 Å². The standard InChI is InChI=1S/C14H10ClIO2/c15-13(14(17)18)11-7-6-10(8-12(11)16)9-4-2-1-3-5-9/h1-8,13H,(H,17,18). The summed E-state index contributed by atoms with van der Waals surface area (Å²) in [5.41, 5.74) is 2.78. The second kappa shape index (κ2) is 5.71. The molecule has 0 saturated carbocycles. The lowest BCUT2D eigenvalue weighted by molar-refractivity contribution is -0.136. The van der Waals surface area contributed by atoms with Gasteiger partial charge >= 0.3 is 5.97 Å². The van der Waals surface area contributed by atoms with Crippen LogP contribution in [0.25, 0.3) is 11.1 Å². The van der Waals surface area contributed by atoms with E-state index in [1.165, 1.54) is 0 Å². The van der Waals surface area contributed by atoms with E-state index in [2.05, 4.69) is 22.6 Å². The van der Waals surface area contributed by atoms with Gasteiger partial charge in [-0.05, 0) is 45.3 Å². The van der Waals surface area contributed by atoms with E-state index in [-0.39, 0.29) is 0 Å². The van der Waals surface area contributed by atoms with Crippen LogP contribution in [0.5, 0.6) is 0 Å². The van der Waals surface area contributed by atoms with Crippen molar-refractivity contribution in [3.8, 4) is 11.1 Å². The third kappa shape index (κ3) is 2.84. The van der Waals surface area contributed by atoms with E-state index in [0.29, 0.717) is 5.56 Å². The molecule has 1 atom stereocenters. The van der Waals surface area contributed by atoms with Gasteiger partial charge in [0.15, 0.2) is 5.38 Å². The van der Waals surface area contributed by atoms with Crippen LogP contribution >= 0.6 is 34.2 Å². The third-order valence-corrected chi connectivity index (χ3v) is 3.95. The van der Waals surface area contributed by atoms with Crippen molar-refractivity contribution in [1.82, 2.24) is 0 Å². The van der Waals surface area contributed by atoms with Gasteiger partial charge in [-0.15, -0.1) is 11.6 Å². The Morgan fingerprint density at radius 2 is 1.78 bits per heavy atom. The highest BCUT2D eigenvalue weighted by molar-refractivity contribution is 14.1. The molecule has 18 heavy (non-hydrogen) atoms. The molecule has 0 aromatic heterocycles. The van der Waals surface area contributed by atoms with Crippen molar-refractivity contribution in [2.75, 3.05) is 0 Å². The first-order chi connectivity index (χ1) is 8.59. The van der Waals surface area contributed by atoms with Crippen molar-refractivity contribution in [3.05, 3.63) is 57.7 Å². The molecule has 0 amide bonds. The highest BCUT2D eigenvalue weighted by Crippen LogP contribution is 2.29. The van der Waals surface area contributed by atoms with E-state index in [1.807, 2.05) is 42.5 Å². The van der Waals surface area contributed by atoms with Gasteiger partial charge in [-0.3, -0.25) is 4.79 Å². The summed E-state index contributed by atoms with van der Waals surface area (Å²) in [6, 6.07) is 15.5. The van der Waals surface area contributed by atoms with Gasteiger partial charge in [0.2, 0.25) is 0 Å². The molecular formula is C14H10ClIO2.